The Balaban J connectivity index is 0.000000381. The summed E-state index contributed by atoms with van der Waals surface area (Å²) in [7, 11) is 0. The minimum Gasteiger partial charge on any atom is -0.475 e. The average Bonchev–Trinajstić information content (AvgIpc) is 3.30. The molecule has 1 aliphatic rings. The lowest BCUT2D eigenvalue weighted by Crippen LogP contribution is -2.21. The molecule has 0 saturated carbocycles. The molecule has 3 rings (SSSR count). The fraction of sp³-hybridized carbons (Fsp3) is 0.381. The summed E-state index contributed by atoms with van der Waals surface area (Å²) in [5, 5.41) is 7.12. The van der Waals surface area contributed by atoms with Gasteiger partial charge in [-0.2, -0.15) is 13.2 Å². The van der Waals surface area contributed by atoms with Gasteiger partial charge in [-0.05, 0) is 43.0 Å². The van der Waals surface area contributed by atoms with Gasteiger partial charge in [0.05, 0.1) is 0 Å². The fourth-order valence-corrected chi connectivity index (χ4v) is 3.16. The number of carboxylic acid groups (broad SMARTS) is 1. The van der Waals surface area contributed by atoms with E-state index in [1.807, 2.05) is 60.5 Å². The van der Waals surface area contributed by atoms with Gasteiger partial charge in [0.2, 0.25) is 0 Å². The largest absolute Gasteiger partial charge is 0.490 e. The molecule has 0 aliphatic carbocycles. The number of nitrogens with zero attached hydrogens (tertiary/aromatic N) is 1. The number of benzene rings is 2. The molecule has 1 heterocycles. The topological polar surface area (TPSA) is 66.6 Å². The molecule has 4 nitrogen and oxygen atoms in total. The van der Waals surface area contributed by atoms with E-state index in [9.17, 15) is 13.2 Å². The van der Waals surface area contributed by atoms with Crippen LogP contribution in [0, 0.1) is 0 Å². The van der Waals surface area contributed by atoms with Gasteiger partial charge in [-0.15, -0.1) is 11.8 Å². The Morgan fingerprint density at radius 2 is 1.50 bits per heavy atom. The maximum Gasteiger partial charge on any atom is 0.490 e. The molecule has 168 valence electrons. The number of rotatable bonds is 3. The van der Waals surface area contributed by atoms with Gasteiger partial charge in [0, 0.05) is 24.5 Å². The second-order valence-corrected chi connectivity index (χ2v) is 7.59. The predicted octanol–water partition coefficient (Wildman–Crippen LogP) is 5.55. The van der Waals surface area contributed by atoms with Crippen LogP contribution < -0.4 is 5.73 Å². The quantitative estimate of drug-likeness (QED) is 0.461. The van der Waals surface area contributed by atoms with Crippen LogP contribution in [0.4, 0.5) is 13.2 Å². The number of hydrogen-bond acceptors (Lipinski definition) is 5. The SMILES string of the molecule is CSN1CCCC1.CSc1cccc(CN)c1.O=C(O)C(F)(F)F.c1ccccc1. The second-order valence-electron chi connectivity index (χ2n) is 5.83. The van der Waals surface area contributed by atoms with Crippen molar-refractivity contribution in [1.29, 1.82) is 0 Å². The molecule has 1 fully saturated rings. The van der Waals surface area contributed by atoms with Crippen LogP contribution >= 0.6 is 23.7 Å². The smallest absolute Gasteiger partial charge is 0.475 e. The molecule has 2 aromatic rings. The van der Waals surface area contributed by atoms with E-state index >= 15 is 0 Å². The average molecular weight is 463 g/mol. The minimum atomic E-state index is -5.08. The molecular formula is C21H29F3N2O2S2. The molecule has 9 heteroatoms. The van der Waals surface area contributed by atoms with Crippen molar-refractivity contribution >= 4 is 29.7 Å². The highest BCUT2D eigenvalue weighted by Gasteiger charge is 2.38. The van der Waals surface area contributed by atoms with E-state index in [2.05, 4.69) is 28.9 Å². The van der Waals surface area contributed by atoms with Crippen molar-refractivity contribution in [2.75, 3.05) is 25.6 Å². The van der Waals surface area contributed by atoms with E-state index < -0.39 is 12.1 Å². The normalized spacial score (nSPS) is 13.0. The van der Waals surface area contributed by atoms with Crippen LogP contribution in [0.3, 0.4) is 0 Å². The Hall–Kier alpha value is -1.68. The summed E-state index contributed by atoms with van der Waals surface area (Å²) >= 11 is 3.61. The van der Waals surface area contributed by atoms with Crippen LogP contribution in [0.15, 0.2) is 65.6 Å². The fourth-order valence-electron chi connectivity index (χ4n) is 2.06. The molecule has 1 saturated heterocycles. The van der Waals surface area contributed by atoms with Gasteiger partial charge in [0.25, 0.3) is 0 Å². The maximum absolute atomic E-state index is 10.6. The van der Waals surface area contributed by atoms with Crippen molar-refractivity contribution in [2.24, 2.45) is 5.73 Å². The van der Waals surface area contributed by atoms with Gasteiger partial charge in [-0.25, -0.2) is 4.79 Å². The third-order valence-electron chi connectivity index (χ3n) is 3.60. The Labute approximate surface area is 185 Å². The van der Waals surface area contributed by atoms with E-state index in [0.29, 0.717) is 6.54 Å². The number of aliphatic carboxylic acids is 1. The number of carboxylic acids is 1. The Morgan fingerprint density at radius 1 is 1.03 bits per heavy atom. The van der Waals surface area contributed by atoms with Crippen LogP contribution in [0.1, 0.15) is 18.4 Å². The zero-order valence-electron chi connectivity index (χ0n) is 17.1. The summed E-state index contributed by atoms with van der Waals surface area (Å²) in [6, 6.07) is 20.3. The molecule has 0 amide bonds. The van der Waals surface area contributed by atoms with Gasteiger partial charge in [0.15, 0.2) is 0 Å². The number of nitrogens with two attached hydrogens (primary N) is 1. The summed E-state index contributed by atoms with van der Waals surface area (Å²) in [5.41, 5.74) is 6.66. The van der Waals surface area contributed by atoms with E-state index in [-0.39, 0.29) is 0 Å². The summed E-state index contributed by atoms with van der Waals surface area (Å²) in [5.74, 6) is -2.76. The Kier molecular flexibility index (Phi) is 16.1. The van der Waals surface area contributed by atoms with Crippen molar-refractivity contribution in [2.45, 2.75) is 30.5 Å². The molecule has 2 aromatic carbocycles. The second kappa shape index (κ2) is 17.0. The molecule has 1 aliphatic heterocycles. The minimum absolute atomic E-state index is 0.633. The van der Waals surface area contributed by atoms with Crippen molar-refractivity contribution < 1.29 is 23.1 Å². The summed E-state index contributed by atoms with van der Waals surface area (Å²) in [6.07, 6.45) is 1.93. The van der Waals surface area contributed by atoms with Gasteiger partial charge < -0.3 is 10.8 Å². The first-order chi connectivity index (χ1) is 14.2. The van der Waals surface area contributed by atoms with Crippen LogP contribution in [-0.4, -0.2) is 47.2 Å². The van der Waals surface area contributed by atoms with E-state index in [0.717, 1.165) is 0 Å². The zero-order chi connectivity index (χ0) is 22.8. The lowest BCUT2D eigenvalue weighted by Gasteiger charge is -2.06. The van der Waals surface area contributed by atoms with Crippen molar-refractivity contribution in [3.05, 3.63) is 66.2 Å². The van der Waals surface area contributed by atoms with Crippen molar-refractivity contribution in [3.8, 4) is 0 Å². The highest BCUT2D eigenvalue weighted by molar-refractivity contribution is 7.98. The number of thioether (sulfide) groups is 1. The highest BCUT2D eigenvalue weighted by Crippen LogP contribution is 2.15. The summed E-state index contributed by atoms with van der Waals surface area (Å²) in [4.78, 5) is 10.2. The molecule has 0 spiro atoms. The molecule has 0 unspecified atom stereocenters. The van der Waals surface area contributed by atoms with E-state index in [1.54, 1.807) is 11.8 Å². The molecular weight excluding hydrogens is 433 g/mol. The molecule has 0 radical (unpaired) electrons. The first-order valence-corrected chi connectivity index (χ1v) is 11.6. The zero-order valence-corrected chi connectivity index (χ0v) is 18.8. The van der Waals surface area contributed by atoms with Crippen LogP contribution in [0.2, 0.25) is 0 Å². The van der Waals surface area contributed by atoms with Gasteiger partial charge in [-0.3, -0.25) is 4.31 Å². The first-order valence-electron chi connectivity index (χ1n) is 9.16. The molecule has 30 heavy (non-hydrogen) atoms. The van der Waals surface area contributed by atoms with E-state index in [4.69, 9.17) is 15.6 Å². The van der Waals surface area contributed by atoms with Crippen LogP contribution in [-0.2, 0) is 11.3 Å². The van der Waals surface area contributed by atoms with Crippen LogP contribution in [0.5, 0.6) is 0 Å². The summed E-state index contributed by atoms with van der Waals surface area (Å²) < 4.78 is 34.1. The van der Waals surface area contributed by atoms with Gasteiger partial charge >= 0.3 is 12.1 Å². The van der Waals surface area contributed by atoms with E-state index in [1.165, 1.54) is 36.4 Å². The molecule has 0 aromatic heterocycles. The Bertz CT molecular complexity index is 637. The maximum atomic E-state index is 10.6. The Morgan fingerprint density at radius 3 is 1.80 bits per heavy atom. The standard InChI is InChI=1S/C8H11NS.C6H6.C5H11NS.C2HF3O2/c1-10-8-4-2-3-7(5-8)6-9;1-2-4-6-5-3-1;1-7-6-4-2-3-5-6;3-2(4,5)1(6)7/h2-5H,6,9H2,1H3;1-6H;2-5H2,1H3;(H,6,7). The van der Waals surface area contributed by atoms with Crippen LogP contribution in [0.25, 0.3) is 0 Å². The molecule has 0 atom stereocenters. The third-order valence-corrected chi connectivity index (χ3v) is 5.21. The first kappa shape index (κ1) is 28.3. The monoisotopic (exact) mass is 462 g/mol. The molecule has 0 bridgehead atoms. The van der Waals surface area contributed by atoms with Gasteiger partial charge in [0.1, 0.15) is 0 Å². The molecule has 3 N–H and O–H groups in total. The lowest BCUT2D eigenvalue weighted by molar-refractivity contribution is -0.192. The predicted molar refractivity (Wildman–Crippen MR) is 121 cm³/mol. The number of halogens is 3. The highest BCUT2D eigenvalue weighted by atomic mass is 32.2. The number of alkyl halides is 3. The lowest BCUT2D eigenvalue weighted by atomic mass is 10.2. The van der Waals surface area contributed by atoms with Crippen molar-refractivity contribution in [1.82, 2.24) is 4.31 Å². The van der Waals surface area contributed by atoms with Crippen molar-refractivity contribution in [3.63, 3.8) is 0 Å². The third kappa shape index (κ3) is 15.2. The van der Waals surface area contributed by atoms with Gasteiger partial charge in [-0.1, -0.05) is 60.5 Å². The number of hydrogen-bond donors (Lipinski definition) is 2. The summed E-state index contributed by atoms with van der Waals surface area (Å²) in [6.45, 7) is 3.25. The number of carbonyl (C=O) groups is 1.